The van der Waals surface area contributed by atoms with Gasteiger partial charge in [0.15, 0.2) is 0 Å². The first-order valence-electron chi connectivity index (χ1n) is 12.8. The van der Waals surface area contributed by atoms with Gasteiger partial charge in [-0.05, 0) is 66.8 Å². The second kappa shape index (κ2) is 12.2. The van der Waals surface area contributed by atoms with Crippen LogP contribution in [0.3, 0.4) is 0 Å². The van der Waals surface area contributed by atoms with Gasteiger partial charge in [-0.15, -0.1) is 0 Å². The van der Waals surface area contributed by atoms with Crippen molar-refractivity contribution >= 4 is 35.3 Å². The third kappa shape index (κ3) is 6.57. The van der Waals surface area contributed by atoms with Crippen LogP contribution in [0.4, 0.5) is 15.8 Å². The van der Waals surface area contributed by atoms with Gasteiger partial charge in [0.2, 0.25) is 0 Å². The van der Waals surface area contributed by atoms with Crippen LogP contribution < -0.4 is 21.2 Å². The first kappa shape index (κ1) is 27.3. The molecule has 0 saturated carbocycles. The average molecular weight is 521 g/mol. The van der Waals surface area contributed by atoms with E-state index in [1.807, 2.05) is 38.3 Å². The van der Waals surface area contributed by atoms with Crippen molar-refractivity contribution in [3.63, 3.8) is 0 Å². The lowest BCUT2D eigenvalue weighted by atomic mass is 10.0. The first-order valence-corrected chi connectivity index (χ1v) is 12.8. The van der Waals surface area contributed by atoms with Crippen molar-refractivity contribution in [3.05, 3.63) is 113 Å². The molecule has 0 fully saturated rings. The molecule has 0 aliphatic rings. The number of anilines is 2. The number of nitrogens with zero attached hydrogens (tertiary/aromatic N) is 3. The van der Waals surface area contributed by atoms with Crippen molar-refractivity contribution in [1.29, 1.82) is 0 Å². The zero-order valence-electron chi connectivity index (χ0n) is 22.6. The van der Waals surface area contributed by atoms with Gasteiger partial charge in [0.05, 0.1) is 34.8 Å². The van der Waals surface area contributed by atoms with E-state index >= 15 is 0 Å². The molecule has 0 unspecified atom stereocenters. The van der Waals surface area contributed by atoms with Crippen molar-refractivity contribution in [2.24, 2.45) is 0 Å². The van der Waals surface area contributed by atoms with Crippen LogP contribution in [0.2, 0.25) is 0 Å². The number of hydrogen-bond acceptors (Lipinski definition) is 5. The minimum Gasteiger partial charge on any atom is -0.358 e. The largest absolute Gasteiger partial charge is 0.358 e. The Labute approximate surface area is 228 Å². The fourth-order valence-electron chi connectivity index (χ4n) is 4.18. The predicted octanol–water partition coefficient (Wildman–Crippen LogP) is 6.42. The molecule has 198 valence electrons. The highest BCUT2D eigenvalue weighted by atomic mass is 19.1. The van der Waals surface area contributed by atoms with E-state index < -0.39 is 0 Å². The molecule has 39 heavy (non-hydrogen) atoms. The number of rotatable bonds is 10. The Morgan fingerprint density at radius 2 is 1.87 bits per heavy atom. The number of halogens is 1. The molecule has 0 atom stereocenters. The molecule has 3 N–H and O–H groups in total. The van der Waals surface area contributed by atoms with Crippen molar-refractivity contribution in [2.45, 2.75) is 33.6 Å². The van der Waals surface area contributed by atoms with Gasteiger partial charge >= 0.3 is 0 Å². The Bertz CT molecular complexity index is 1660. The summed E-state index contributed by atoms with van der Waals surface area (Å²) in [6.45, 7) is 18.5. The SMILES string of the molecule is C=C(CCC)Nc1cncc(/C(C)=C/C=c2/[nH]nc(C(=C)Nc3cncc(-c4cccc(F)c4)c3C)c2=C)c1. The molecule has 0 radical (unpaired) electrons. The Morgan fingerprint density at radius 3 is 2.64 bits per heavy atom. The normalized spacial score (nSPS) is 11.9. The molecule has 0 amide bonds. The number of H-pyrrole nitrogens is 1. The van der Waals surface area contributed by atoms with E-state index in [1.54, 1.807) is 24.7 Å². The molecular formula is C32H33FN6. The molecule has 0 spiro atoms. The average Bonchev–Trinajstić information content (AvgIpc) is 3.29. The molecule has 4 aromatic rings. The quantitative estimate of drug-likeness (QED) is 0.225. The minimum atomic E-state index is -0.292. The summed E-state index contributed by atoms with van der Waals surface area (Å²) in [5, 5.41) is 15.6. The summed E-state index contributed by atoms with van der Waals surface area (Å²) in [6, 6.07) is 8.51. The molecule has 0 aliphatic carbocycles. The Hall–Kier alpha value is -4.78. The minimum absolute atomic E-state index is 0.292. The summed E-state index contributed by atoms with van der Waals surface area (Å²) in [6.07, 6.45) is 12.9. The number of aromatic nitrogens is 4. The third-order valence-electron chi connectivity index (χ3n) is 6.39. The molecular weight excluding hydrogens is 487 g/mol. The molecule has 1 aromatic carbocycles. The Balaban J connectivity index is 1.53. The van der Waals surface area contributed by atoms with Crippen molar-refractivity contribution < 1.29 is 4.39 Å². The summed E-state index contributed by atoms with van der Waals surface area (Å²) in [7, 11) is 0. The molecule has 7 heteroatoms. The molecule has 6 nitrogen and oxygen atoms in total. The summed E-state index contributed by atoms with van der Waals surface area (Å²) < 4.78 is 13.8. The van der Waals surface area contributed by atoms with Gasteiger partial charge in [-0.1, -0.05) is 51.3 Å². The Morgan fingerprint density at radius 1 is 1.08 bits per heavy atom. The standard InChI is InChI=1S/C32H33FN6/c1-7-9-21(3)36-28-15-26(16-34-17-28)20(2)12-13-30-23(5)32(39-38-30)24(6)37-31-19-35-18-29(22(31)4)25-10-8-11-27(33)14-25/h8,10-19,36-38H,3,5-7,9H2,1-2,4H3/b20-12+,30-13+. The molecule has 0 aliphatic heterocycles. The van der Waals surface area contributed by atoms with E-state index in [1.165, 1.54) is 12.1 Å². The summed E-state index contributed by atoms with van der Waals surface area (Å²) in [5.41, 5.74) is 8.38. The van der Waals surface area contributed by atoms with E-state index in [2.05, 4.69) is 63.5 Å². The molecule has 4 rings (SSSR count). The van der Waals surface area contributed by atoms with Crippen LogP contribution in [0.1, 0.15) is 43.5 Å². The zero-order valence-corrected chi connectivity index (χ0v) is 22.6. The van der Waals surface area contributed by atoms with E-state index in [0.29, 0.717) is 16.6 Å². The number of nitrogens with one attached hydrogen (secondary N) is 3. The maximum absolute atomic E-state index is 13.8. The van der Waals surface area contributed by atoms with Crippen LogP contribution in [-0.4, -0.2) is 20.2 Å². The van der Waals surface area contributed by atoms with E-state index in [-0.39, 0.29) is 5.82 Å². The number of aromatic amines is 1. The summed E-state index contributed by atoms with van der Waals surface area (Å²) >= 11 is 0. The maximum Gasteiger partial charge on any atom is 0.123 e. The van der Waals surface area contributed by atoms with E-state index in [0.717, 1.165) is 63.1 Å². The summed E-state index contributed by atoms with van der Waals surface area (Å²) in [4.78, 5) is 8.70. The lowest BCUT2D eigenvalue weighted by Gasteiger charge is -2.13. The van der Waals surface area contributed by atoms with Crippen LogP contribution >= 0.6 is 0 Å². The van der Waals surface area contributed by atoms with Gasteiger partial charge in [0.1, 0.15) is 11.5 Å². The van der Waals surface area contributed by atoms with Crippen LogP contribution in [0.25, 0.3) is 35.1 Å². The van der Waals surface area contributed by atoms with Gasteiger partial charge in [0, 0.05) is 28.9 Å². The van der Waals surface area contributed by atoms with Crippen molar-refractivity contribution in [3.8, 4) is 11.1 Å². The van der Waals surface area contributed by atoms with E-state index in [4.69, 9.17) is 0 Å². The number of benzene rings is 1. The van der Waals surface area contributed by atoms with Crippen LogP contribution in [0, 0.1) is 12.7 Å². The lowest BCUT2D eigenvalue weighted by Crippen LogP contribution is -2.23. The van der Waals surface area contributed by atoms with Crippen LogP contribution in [0.15, 0.2) is 80.1 Å². The number of hydrogen-bond donors (Lipinski definition) is 3. The highest BCUT2D eigenvalue weighted by molar-refractivity contribution is 5.80. The van der Waals surface area contributed by atoms with Crippen molar-refractivity contribution in [1.82, 2.24) is 20.2 Å². The fourth-order valence-corrected chi connectivity index (χ4v) is 4.18. The zero-order chi connectivity index (χ0) is 27.9. The molecule has 0 saturated heterocycles. The highest BCUT2D eigenvalue weighted by Gasteiger charge is 2.11. The first-order chi connectivity index (χ1) is 18.8. The third-order valence-corrected chi connectivity index (χ3v) is 6.39. The van der Waals surface area contributed by atoms with E-state index in [9.17, 15) is 4.39 Å². The van der Waals surface area contributed by atoms with Gasteiger partial charge in [0.25, 0.3) is 0 Å². The predicted molar refractivity (Wildman–Crippen MR) is 160 cm³/mol. The second-order valence-corrected chi connectivity index (χ2v) is 9.40. The smallest absolute Gasteiger partial charge is 0.123 e. The lowest BCUT2D eigenvalue weighted by molar-refractivity contribution is 0.628. The number of allylic oxidation sites excluding steroid dienone is 3. The fraction of sp³-hybridized carbons (Fsp3) is 0.156. The maximum atomic E-state index is 13.8. The van der Waals surface area contributed by atoms with Gasteiger partial charge in [-0.25, -0.2) is 4.39 Å². The van der Waals surface area contributed by atoms with Gasteiger partial charge < -0.3 is 10.6 Å². The van der Waals surface area contributed by atoms with Crippen LogP contribution in [-0.2, 0) is 0 Å². The Kier molecular flexibility index (Phi) is 8.51. The molecule has 3 heterocycles. The molecule has 0 bridgehead atoms. The highest BCUT2D eigenvalue weighted by Crippen LogP contribution is 2.29. The second-order valence-electron chi connectivity index (χ2n) is 9.40. The molecule has 3 aromatic heterocycles. The topological polar surface area (TPSA) is 78.5 Å². The van der Waals surface area contributed by atoms with Gasteiger partial charge in [-0.3, -0.25) is 15.1 Å². The summed E-state index contributed by atoms with van der Waals surface area (Å²) in [5.74, 6) is -0.292. The number of pyridine rings is 2. The monoisotopic (exact) mass is 520 g/mol. The van der Waals surface area contributed by atoms with Gasteiger partial charge in [-0.2, -0.15) is 5.10 Å². The van der Waals surface area contributed by atoms with Crippen molar-refractivity contribution in [2.75, 3.05) is 10.6 Å². The van der Waals surface area contributed by atoms with Crippen LogP contribution in [0.5, 0.6) is 0 Å².